The van der Waals surface area contributed by atoms with Crippen molar-refractivity contribution in [3.63, 3.8) is 0 Å². The summed E-state index contributed by atoms with van der Waals surface area (Å²) in [6.45, 7) is 2.52. The van der Waals surface area contributed by atoms with E-state index >= 15 is 0 Å². The molecule has 1 atom stereocenters. The molecule has 4 saturated carbocycles. The normalized spacial score (nSPS) is 43.4. The Morgan fingerprint density at radius 2 is 1.58 bits per heavy atom. The zero-order chi connectivity index (χ0) is 18.1. The monoisotopic (exact) mass is 361 g/mol. The standard InChI is InChI=1S/C20H31N3O3/c1-21-17(24)16-9-26-20(10-22(16)2)11-23(12-20)18(25)19-6-13-3-14(7-19)5-15(4-13)8-19/h13-16H,3-12H2,1-2H3,(H,21,24)/t13?,14?,15?,16-,19?/m0/s1. The molecular formula is C20H31N3O3. The van der Waals surface area contributed by atoms with Crippen LogP contribution in [0.15, 0.2) is 0 Å². The van der Waals surface area contributed by atoms with Crippen molar-refractivity contribution in [2.24, 2.45) is 23.2 Å². The van der Waals surface area contributed by atoms with Crippen molar-refractivity contribution in [2.75, 3.05) is 40.3 Å². The van der Waals surface area contributed by atoms with E-state index in [0.29, 0.717) is 25.6 Å². The number of likely N-dealkylation sites (tertiary alicyclic amines) is 1. The highest BCUT2D eigenvalue weighted by Crippen LogP contribution is 2.61. The summed E-state index contributed by atoms with van der Waals surface area (Å²) in [5, 5.41) is 2.70. The molecule has 2 saturated heterocycles. The largest absolute Gasteiger partial charge is 0.368 e. The summed E-state index contributed by atoms with van der Waals surface area (Å²) in [5.41, 5.74) is -0.321. The summed E-state index contributed by atoms with van der Waals surface area (Å²) in [6, 6.07) is -0.224. The maximum absolute atomic E-state index is 13.4. The molecule has 6 nitrogen and oxygen atoms in total. The predicted molar refractivity (Wildman–Crippen MR) is 96.4 cm³/mol. The second-order valence-corrected chi connectivity index (χ2v) is 9.90. The predicted octanol–water partition coefficient (Wildman–Crippen LogP) is 0.860. The third-order valence-corrected chi connectivity index (χ3v) is 7.90. The van der Waals surface area contributed by atoms with Gasteiger partial charge in [0.2, 0.25) is 11.8 Å². The van der Waals surface area contributed by atoms with E-state index in [0.717, 1.165) is 43.6 Å². The van der Waals surface area contributed by atoms with Gasteiger partial charge in [0.25, 0.3) is 0 Å². The molecule has 26 heavy (non-hydrogen) atoms. The van der Waals surface area contributed by atoms with Crippen molar-refractivity contribution in [1.29, 1.82) is 0 Å². The summed E-state index contributed by atoms with van der Waals surface area (Å²) in [7, 11) is 3.64. The number of amides is 2. The molecule has 2 heterocycles. The molecular weight excluding hydrogens is 330 g/mol. The van der Waals surface area contributed by atoms with E-state index in [4.69, 9.17) is 4.74 Å². The maximum atomic E-state index is 13.4. The molecule has 0 radical (unpaired) electrons. The van der Waals surface area contributed by atoms with Crippen LogP contribution in [0, 0.1) is 23.2 Å². The summed E-state index contributed by atoms with van der Waals surface area (Å²) in [5.74, 6) is 2.80. The number of ether oxygens (including phenoxy) is 1. The number of carbonyl (C=O) groups excluding carboxylic acids is 2. The third-order valence-electron chi connectivity index (χ3n) is 7.90. The third kappa shape index (κ3) is 2.44. The van der Waals surface area contributed by atoms with Crippen LogP contribution in [0.25, 0.3) is 0 Å². The lowest BCUT2D eigenvalue weighted by Crippen LogP contribution is -2.74. The fraction of sp³-hybridized carbons (Fsp3) is 0.900. The Hall–Kier alpha value is -1.14. The molecule has 0 unspecified atom stereocenters. The molecule has 1 N–H and O–H groups in total. The van der Waals surface area contributed by atoms with Crippen molar-refractivity contribution in [3.8, 4) is 0 Å². The van der Waals surface area contributed by atoms with Gasteiger partial charge in [-0.2, -0.15) is 0 Å². The molecule has 2 amide bonds. The summed E-state index contributed by atoms with van der Waals surface area (Å²) in [6.07, 6.45) is 7.48. The van der Waals surface area contributed by atoms with Crippen molar-refractivity contribution >= 4 is 11.8 Å². The molecule has 6 fully saturated rings. The second-order valence-electron chi connectivity index (χ2n) is 9.90. The van der Waals surface area contributed by atoms with Crippen LogP contribution in [0.1, 0.15) is 38.5 Å². The van der Waals surface area contributed by atoms with Crippen LogP contribution in [0.2, 0.25) is 0 Å². The van der Waals surface area contributed by atoms with Crippen molar-refractivity contribution in [3.05, 3.63) is 0 Å². The van der Waals surface area contributed by atoms with Crippen LogP contribution in [-0.4, -0.2) is 73.6 Å². The molecule has 4 aliphatic carbocycles. The van der Waals surface area contributed by atoms with Gasteiger partial charge in [0, 0.05) is 13.6 Å². The lowest BCUT2D eigenvalue weighted by molar-refractivity contribution is -0.211. The van der Waals surface area contributed by atoms with Crippen LogP contribution in [0.4, 0.5) is 0 Å². The first-order valence-electron chi connectivity index (χ1n) is 10.3. The minimum atomic E-state index is -0.267. The van der Waals surface area contributed by atoms with Gasteiger partial charge in [-0.05, 0) is 63.3 Å². The van der Waals surface area contributed by atoms with E-state index in [-0.39, 0.29) is 23.0 Å². The number of hydrogen-bond donors (Lipinski definition) is 1. The van der Waals surface area contributed by atoms with Gasteiger partial charge in [0.1, 0.15) is 11.6 Å². The molecule has 0 aromatic carbocycles. The van der Waals surface area contributed by atoms with Crippen molar-refractivity contribution in [2.45, 2.75) is 50.2 Å². The number of hydrogen-bond acceptors (Lipinski definition) is 4. The molecule has 0 aromatic rings. The number of likely N-dealkylation sites (N-methyl/N-ethyl adjacent to an activating group) is 2. The maximum Gasteiger partial charge on any atom is 0.239 e. The highest BCUT2D eigenvalue weighted by molar-refractivity contribution is 5.84. The van der Waals surface area contributed by atoms with Gasteiger partial charge in [0.15, 0.2) is 0 Å². The van der Waals surface area contributed by atoms with E-state index in [9.17, 15) is 9.59 Å². The Kier molecular flexibility index (Phi) is 3.71. The van der Waals surface area contributed by atoms with E-state index in [1.54, 1.807) is 7.05 Å². The molecule has 6 heteroatoms. The summed E-state index contributed by atoms with van der Waals surface area (Å²) < 4.78 is 6.11. The van der Waals surface area contributed by atoms with Crippen molar-refractivity contribution in [1.82, 2.24) is 15.1 Å². The Labute approximate surface area is 155 Å². The van der Waals surface area contributed by atoms with Gasteiger partial charge in [-0.15, -0.1) is 0 Å². The van der Waals surface area contributed by atoms with Crippen LogP contribution < -0.4 is 5.32 Å². The van der Waals surface area contributed by atoms with Crippen LogP contribution >= 0.6 is 0 Å². The topological polar surface area (TPSA) is 61.9 Å². The lowest BCUT2D eigenvalue weighted by Gasteiger charge is -2.60. The molecule has 6 rings (SSSR count). The minimum Gasteiger partial charge on any atom is -0.368 e. The molecule has 4 bridgehead atoms. The number of rotatable bonds is 2. The van der Waals surface area contributed by atoms with Gasteiger partial charge < -0.3 is 15.0 Å². The number of nitrogens with one attached hydrogen (secondary N) is 1. The Balaban J connectivity index is 1.23. The first-order chi connectivity index (χ1) is 12.4. The molecule has 2 aliphatic heterocycles. The Bertz CT molecular complexity index is 593. The first-order valence-corrected chi connectivity index (χ1v) is 10.3. The van der Waals surface area contributed by atoms with Gasteiger partial charge >= 0.3 is 0 Å². The number of morpholine rings is 1. The van der Waals surface area contributed by atoms with E-state index < -0.39 is 0 Å². The smallest absolute Gasteiger partial charge is 0.239 e. The molecule has 6 aliphatic rings. The fourth-order valence-corrected chi connectivity index (χ4v) is 7.13. The first kappa shape index (κ1) is 17.0. The van der Waals surface area contributed by atoms with E-state index in [2.05, 4.69) is 15.1 Å². The van der Waals surface area contributed by atoms with E-state index in [1.807, 2.05) is 7.05 Å². The van der Waals surface area contributed by atoms with Crippen LogP contribution in [0.5, 0.6) is 0 Å². The average molecular weight is 361 g/mol. The van der Waals surface area contributed by atoms with Gasteiger partial charge in [-0.25, -0.2) is 0 Å². The Morgan fingerprint density at radius 1 is 1.00 bits per heavy atom. The van der Waals surface area contributed by atoms with Gasteiger partial charge in [-0.1, -0.05) is 0 Å². The molecule has 144 valence electrons. The highest BCUT2D eigenvalue weighted by Gasteiger charge is 2.59. The summed E-state index contributed by atoms with van der Waals surface area (Å²) >= 11 is 0. The van der Waals surface area contributed by atoms with Gasteiger partial charge in [-0.3, -0.25) is 14.5 Å². The van der Waals surface area contributed by atoms with Crippen molar-refractivity contribution < 1.29 is 14.3 Å². The number of carbonyl (C=O) groups is 2. The fourth-order valence-electron chi connectivity index (χ4n) is 7.13. The summed E-state index contributed by atoms with van der Waals surface area (Å²) in [4.78, 5) is 29.5. The SMILES string of the molecule is CNC(=O)[C@@H]1COC2(CN(C(=O)C34CC5CC(CC(C5)C3)C4)C2)CN1C. The molecule has 1 spiro atoms. The number of nitrogens with zero attached hydrogens (tertiary/aromatic N) is 2. The zero-order valence-electron chi connectivity index (χ0n) is 16.0. The van der Waals surface area contributed by atoms with Gasteiger partial charge in [0.05, 0.1) is 25.1 Å². The average Bonchev–Trinajstić information content (AvgIpc) is 2.57. The van der Waals surface area contributed by atoms with E-state index in [1.165, 1.54) is 19.3 Å². The second kappa shape index (κ2) is 5.68. The zero-order valence-corrected chi connectivity index (χ0v) is 16.0. The van der Waals surface area contributed by atoms with Crippen LogP contribution in [0.3, 0.4) is 0 Å². The minimum absolute atomic E-state index is 0.00294. The lowest BCUT2D eigenvalue weighted by atomic mass is 9.49. The highest BCUT2D eigenvalue weighted by atomic mass is 16.5. The molecule has 0 aromatic heterocycles. The Morgan fingerprint density at radius 3 is 2.08 bits per heavy atom. The van der Waals surface area contributed by atoms with Crippen LogP contribution in [-0.2, 0) is 14.3 Å². The quantitative estimate of drug-likeness (QED) is 0.793.